The molecule has 20 heteroatoms. The largest absolute Gasteiger partial charge is 0.493 e. The van der Waals surface area contributed by atoms with Crippen LogP contribution in [0.1, 0.15) is 96.9 Å². The van der Waals surface area contributed by atoms with Crippen LogP contribution in [0.3, 0.4) is 0 Å². The molecular formula is C49H88O17Si3. The number of methoxy groups -OCH3 is 4. The van der Waals surface area contributed by atoms with E-state index in [1.807, 2.05) is 19.2 Å². The van der Waals surface area contributed by atoms with Gasteiger partial charge in [-0.25, -0.2) is 24.0 Å². The topological polar surface area (TPSA) is 229 Å². The Kier molecular flexibility index (Phi) is 30.6. The van der Waals surface area contributed by atoms with Crippen LogP contribution in [-0.4, -0.2) is 129 Å². The molecule has 398 valence electrons. The molecule has 5 atom stereocenters. The van der Waals surface area contributed by atoms with Gasteiger partial charge in [0.2, 0.25) is 0 Å². The molecular weight excluding hydrogens is 945 g/mol. The van der Waals surface area contributed by atoms with E-state index in [1.165, 1.54) is 35.2 Å². The van der Waals surface area contributed by atoms with Crippen LogP contribution in [0.25, 0.3) is 0 Å². The van der Waals surface area contributed by atoms with Gasteiger partial charge in [0.25, 0.3) is 0 Å². The van der Waals surface area contributed by atoms with E-state index in [9.17, 15) is 24.0 Å². The summed E-state index contributed by atoms with van der Waals surface area (Å²) >= 11 is 0. The predicted molar refractivity (Wildman–Crippen MR) is 276 cm³/mol. The molecule has 3 N–H and O–H groups in total. The molecule has 0 aliphatic rings. The fourth-order valence-corrected chi connectivity index (χ4v) is 8.14. The van der Waals surface area contributed by atoms with Gasteiger partial charge < -0.3 is 57.0 Å². The van der Waals surface area contributed by atoms with Crippen molar-refractivity contribution in [3.05, 3.63) is 48.5 Å². The number of carbonyl (C=O) groups excluding carboxylic acids is 4. The number of rotatable bonds is 15. The van der Waals surface area contributed by atoms with Gasteiger partial charge in [-0.3, -0.25) is 0 Å². The number of para-hydroxylation sites is 4. The third-order valence-electron chi connectivity index (χ3n) is 11.5. The monoisotopic (exact) mass is 1030 g/mol. The van der Waals surface area contributed by atoms with E-state index in [2.05, 4.69) is 98.0 Å². The molecule has 0 radical (unpaired) electrons. The SMILES string of the molecule is CC(O[Si](C)(C)C(C)(C)C)C(=O)O.COC(=O)C(C)O.COC(=O)C(C)O[Si](C)(C)C(C)(C)C.COc1ccccc1OC(=O)C(C)O.COc1ccccc1OC(=O)C(C)O[Si](C)(C)C(C)(C)C. The molecule has 2 rings (SSSR count). The highest BCUT2D eigenvalue weighted by Gasteiger charge is 2.42. The first-order valence-corrected chi connectivity index (χ1v) is 31.3. The van der Waals surface area contributed by atoms with E-state index >= 15 is 0 Å². The highest BCUT2D eigenvalue weighted by atomic mass is 28.4. The number of benzene rings is 2. The molecule has 0 amide bonds. The second-order valence-electron chi connectivity index (χ2n) is 20.4. The van der Waals surface area contributed by atoms with Gasteiger partial charge in [-0.15, -0.1) is 0 Å². The van der Waals surface area contributed by atoms with Gasteiger partial charge >= 0.3 is 29.8 Å². The third kappa shape index (κ3) is 26.6. The number of carboxylic acids is 1. The summed E-state index contributed by atoms with van der Waals surface area (Å²) in [6, 6.07) is 13.8. The van der Waals surface area contributed by atoms with Gasteiger partial charge in [0.05, 0.1) is 28.4 Å². The van der Waals surface area contributed by atoms with Crippen molar-refractivity contribution in [2.75, 3.05) is 28.4 Å². The van der Waals surface area contributed by atoms with Crippen LogP contribution < -0.4 is 18.9 Å². The fraction of sp³-hybridized carbons (Fsp3) is 0.653. The van der Waals surface area contributed by atoms with Gasteiger partial charge in [-0.05, 0) is 113 Å². The molecule has 0 saturated carbocycles. The van der Waals surface area contributed by atoms with Crippen LogP contribution in [-0.2, 0) is 46.7 Å². The number of esters is 4. The first-order valence-electron chi connectivity index (χ1n) is 22.6. The van der Waals surface area contributed by atoms with Crippen LogP contribution in [0.15, 0.2) is 48.5 Å². The zero-order valence-electron chi connectivity index (χ0n) is 46.1. The average molecular weight is 1030 g/mol. The lowest BCUT2D eigenvalue weighted by Gasteiger charge is -2.37. The van der Waals surface area contributed by atoms with E-state index in [-0.39, 0.29) is 21.1 Å². The van der Waals surface area contributed by atoms with Gasteiger partial charge in [0, 0.05) is 0 Å². The molecule has 5 unspecified atom stereocenters. The zero-order chi connectivity index (χ0) is 55.1. The quantitative estimate of drug-likeness (QED) is 0.0856. The minimum Gasteiger partial charge on any atom is -0.493 e. The lowest BCUT2D eigenvalue weighted by Crippen LogP contribution is -2.46. The summed E-state index contributed by atoms with van der Waals surface area (Å²) in [6.45, 7) is 39.4. The number of aliphatic hydroxyl groups excluding tert-OH is 2. The number of carbonyl (C=O) groups is 5. The first kappa shape index (κ1) is 69.1. The Bertz CT molecular complexity index is 1860. The molecule has 0 heterocycles. The van der Waals surface area contributed by atoms with Crippen molar-refractivity contribution in [3.8, 4) is 23.0 Å². The van der Waals surface area contributed by atoms with E-state index < -0.39 is 79.3 Å². The van der Waals surface area contributed by atoms with E-state index in [0.29, 0.717) is 23.0 Å². The van der Waals surface area contributed by atoms with Crippen molar-refractivity contribution in [2.45, 2.75) is 182 Å². The summed E-state index contributed by atoms with van der Waals surface area (Å²) in [5.41, 5.74) is 0. The fourth-order valence-electron chi connectivity index (χ4n) is 4.13. The van der Waals surface area contributed by atoms with Crippen molar-refractivity contribution >= 4 is 54.8 Å². The smallest absolute Gasteiger partial charge is 0.340 e. The molecule has 0 spiro atoms. The molecule has 2 aromatic carbocycles. The second kappa shape index (κ2) is 30.6. The van der Waals surface area contributed by atoms with E-state index in [1.54, 1.807) is 70.3 Å². The summed E-state index contributed by atoms with van der Waals surface area (Å²) in [5.74, 6) is -1.16. The van der Waals surface area contributed by atoms with Crippen LogP contribution in [0.5, 0.6) is 23.0 Å². The van der Waals surface area contributed by atoms with Crippen molar-refractivity contribution < 1.29 is 81.0 Å². The number of hydrogen-bond donors (Lipinski definition) is 3. The minimum absolute atomic E-state index is 0.0476. The molecule has 2 aromatic rings. The maximum Gasteiger partial charge on any atom is 0.340 e. The molecule has 0 saturated heterocycles. The van der Waals surface area contributed by atoms with Crippen molar-refractivity contribution in [1.29, 1.82) is 0 Å². The minimum atomic E-state index is -2.00. The Hall–Kier alpha value is -4.16. The standard InChI is InChI=1S/C16H26O4Si.C10H12O4.C10H22O3Si.C9H20O3Si.C4H8O3/c1-12(20-21(6,7)16(2,3)4)15(17)19-14-11-9-8-10-13(14)18-5;1-7(11)10(12)14-9-6-4-3-5-8(9)13-2;1-8(9(11)12-5)13-14(6,7)10(2,3)4;1-7(8(10)11)12-13(5,6)9(2,3)4;1-3(5)4(6)7-2/h8-12H,1-7H3;3-7,11H,1-2H3;8H,1-7H3;7H,1-6H3,(H,10,11);3,5H,1-2H3. The molecule has 0 aromatic heterocycles. The maximum atomic E-state index is 12.2. The third-order valence-corrected chi connectivity index (χ3v) is 25.2. The summed E-state index contributed by atoms with van der Waals surface area (Å²) in [4.78, 5) is 55.1. The van der Waals surface area contributed by atoms with Gasteiger partial charge in [0.1, 0.15) is 30.5 Å². The summed E-state index contributed by atoms with van der Waals surface area (Å²) in [6.07, 6.45) is -3.89. The molecule has 0 bridgehead atoms. The number of ether oxygens (including phenoxy) is 6. The van der Waals surface area contributed by atoms with Crippen LogP contribution in [0.2, 0.25) is 54.4 Å². The maximum absolute atomic E-state index is 12.2. The number of carboxylic acid groups (broad SMARTS) is 1. The van der Waals surface area contributed by atoms with Crippen molar-refractivity contribution in [1.82, 2.24) is 0 Å². The van der Waals surface area contributed by atoms with Crippen molar-refractivity contribution in [2.24, 2.45) is 0 Å². The number of hydrogen-bond acceptors (Lipinski definition) is 16. The normalized spacial score (nSPS) is 13.9. The molecule has 69 heavy (non-hydrogen) atoms. The summed E-state index contributed by atoms with van der Waals surface area (Å²) < 4.78 is 46.6. The molecule has 17 nitrogen and oxygen atoms in total. The predicted octanol–water partition coefficient (Wildman–Crippen LogP) is 9.58. The van der Waals surface area contributed by atoms with Crippen LogP contribution in [0.4, 0.5) is 0 Å². The Morgan fingerprint density at radius 3 is 0.928 bits per heavy atom. The van der Waals surface area contributed by atoms with E-state index in [0.717, 1.165) is 0 Å². The highest BCUT2D eigenvalue weighted by molar-refractivity contribution is 6.75. The van der Waals surface area contributed by atoms with Gasteiger partial charge in [-0.2, -0.15) is 0 Å². The zero-order valence-corrected chi connectivity index (χ0v) is 49.1. The summed E-state index contributed by atoms with van der Waals surface area (Å²) in [5, 5.41) is 26.2. The Morgan fingerprint density at radius 2 is 0.696 bits per heavy atom. The molecule has 0 aliphatic heterocycles. The average Bonchev–Trinajstić information content (AvgIpc) is 3.22. The van der Waals surface area contributed by atoms with Crippen LogP contribution in [0, 0.1) is 0 Å². The molecule has 0 aliphatic carbocycles. The lowest BCUT2D eigenvalue weighted by atomic mass is 10.2. The number of aliphatic hydroxyl groups is 2. The molecule has 0 fully saturated rings. The van der Waals surface area contributed by atoms with Crippen LogP contribution >= 0.6 is 0 Å². The highest BCUT2D eigenvalue weighted by Crippen LogP contribution is 2.39. The first-order chi connectivity index (χ1) is 31.1. The second-order valence-corrected chi connectivity index (χ2v) is 34.7. The van der Waals surface area contributed by atoms with Gasteiger partial charge in [0.15, 0.2) is 48.0 Å². The van der Waals surface area contributed by atoms with Gasteiger partial charge in [-0.1, -0.05) is 86.6 Å². The lowest BCUT2D eigenvalue weighted by molar-refractivity contribution is -0.149. The Labute approximate surface area is 416 Å². The van der Waals surface area contributed by atoms with E-state index in [4.69, 9.17) is 47.5 Å². The summed E-state index contributed by atoms with van der Waals surface area (Å²) in [7, 11) is -0.122. The Balaban J connectivity index is -0.000000818. The number of aliphatic carboxylic acids is 1. The van der Waals surface area contributed by atoms with Crippen molar-refractivity contribution in [3.63, 3.8) is 0 Å². The Morgan fingerprint density at radius 1 is 0.435 bits per heavy atom.